The van der Waals surface area contributed by atoms with Crippen LogP contribution in [0.25, 0.3) is 0 Å². The van der Waals surface area contributed by atoms with Crippen LogP contribution < -0.4 is 5.32 Å². The van der Waals surface area contributed by atoms with Crippen molar-refractivity contribution in [2.24, 2.45) is 7.05 Å². The average molecular weight is 265 g/mol. The zero-order valence-electron chi connectivity index (χ0n) is 11.9. The van der Waals surface area contributed by atoms with E-state index in [0.29, 0.717) is 23.6 Å². The Bertz CT molecular complexity index is 529. The standard InChI is InChI=1S/C13H19N3O3/c1-6-19-11(17)7-8(2)14-13(18)12-9(3)15-16(5)10(12)4/h7H,6H2,1-5H3,(H,14,18)/b8-7+. The summed E-state index contributed by atoms with van der Waals surface area (Å²) in [7, 11) is 1.78. The molecule has 6 heteroatoms. The van der Waals surface area contributed by atoms with Crippen LogP contribution in [0.1, 0.15) is 35.6 Å². The molecule has 0 spiro atoms. The number of carbonyl (C=O) groups excluding carboxylic acids is 2. The Morgan fingerprint density at radius 3 is 2.53 bits per heavy atom. The highest BCUT2D eigenvalue weighted by atomic mass is 16.5. The minimum absolute atomic E-state index is 0.277. The number of amides is 1. The topological polar surface area (TPSA) is 73.2 Å². The molecule has 1 rings (SSSR count). The van der Waals surface area contributed by atoms with Crippen LogP contribution in [0, 0.1) is 13.8 Å². The lowest BCUT2D eigenvalue weighted by molar-refractivity contribution is -0.137. The largest absolute Gasteiger partial charge is 0.463 e. The highest BCUT2D eigenvalue weighted by Crippen LogP contribution is 2.12. The van der Waals surface area contributed by atoms with E-state index in [-0.39, 0.29) is 5.91 Å². The Morgan fingerprint density at radius 2 is 2.05 bits per heavy atom. The van der Waals surface area contributed by atoms with Crippen molar-refractivity contribution >= 4 is 11.9 Å². The maximum atomic E-state index is 12.1. The number of nitrogens with one attached hydrogen (secondary N) is 1. The number of hydrogen-bond donors (Lipinski definition) is 1. The second kappa shape index (κ2) is 6.17. The monoisotopic (exact) mass is 265 g/mol. The van der Waals surface area contributed by atoms with Gasteiger partial charge in [-0.05, 0) is 27.7 Å². The third-order valence-electron chi connectivity index (χ3n) is 2.67. The van der Waals surface area contributed by atoms with Crippen molar-refractivity contribution in [1.29, 1.82) is 0 Å². The molecule has 0 aliphatic carbocycles. The molecule has 1 aromatic rings. The number of ether oxygens (including phenoxy) is 1. The summed E-state index contributed by atoms with van der Waals surface area (Å²) in [5.74, 6) is -0.749. The van der Waals surface area contributed by atoms with Crippen molar-refractivity contribution < 1.29 is 14.3 Å². The van der Waals surface area contributed by atoms with Gasteiger partial charge in [0.25, 0.3) is 5.91 Å². The van der Waals surface area contributed by atoms with E-state index < -0.39 is 5.97 Å². The third-order valence-corrected chi connectivity index (χ3v) is 2.67. The Labute approximate surface area is 112 Å². The molecule has 0 aliphatic rings. The van der Waals surface area contributed by atoms with Crippen LogP contribution in [-0.4, -0.2) is 28.3 Å². The fourth-order valence-corrected chi connectivity index (χ4v) is 1.74. The van der Waals surface area contributed by atoms with Gasteiger partial charge < -0.3 is 10.1 Å². The number of rotatable bonds is 4. The van der Waals surface area contributed by atoms with E-state index in [9.17, 15) is 9.59 Å². The van der Waals surface area contributed by atoms with Gasteiger partial charge in [0.15, 0.2) is 0 Å². The van der Waals surface area contributed by atoms with Gasteiger partial charge in [-0.25, -0.2) is 4.79 Å². The molecule has 0 unspecified atom stereocenters. The molecule has 0 fully saturated rings. The van der Waals surface area contributed by atoms with E-state index in [0.717, 1.165) is 5.69 Å². The molecule has 104 valence electrons. The maximum Gasteiger partial charge on any atom is 0.332 e. The third kappa shape index (κ3) is 3.67. The van der Waals surface area contributed by atoms with Crippen LogP contribution in [0.4, 0.5) is 0 Å². The molecule has 0 atom stereocenters. The van der Waals surface area contributed by atoms with E-state index in [1.807, 2.05) is 6.92 Å². The Morgan fingerprint density at radius 1 is 1.42 bits per heavy atom. The van der Waals surface area contributed by atoms with E-state index >= 15 is 0 Å². The first-order valence-corrected chi connectivity index (χ1v) is 6.03. The number of hydrogen-bond acceptors (Lipinski definition) is 4. The normalized spacial score (nSPS) is 11.3. The van der Waals surface area contributed by atoms with Crippen molar-refractivity contribution in [2.45, 2.75) is 27.7 Å². The van der Waals surface area contributed by atoms with Crippen molar-refractivity contribution in [1.82, 2.24) is 15.1 Å². The molecular weight excluding hydrogens is 246 g/mol. The lowest BCUT2D eigenvalue weighted by atomic mass is 10.2. The Balaban J connectivity index is 2.83. The molecular formula is C13H19N3O3. The molecule has 6 nitrogen and oxygen atoms in total. The van der Waals surface area contributed by atoms with Gasteiger partial charge in [-0.2, -0.15) is 5.10 Å². The van der Waals surface area contributed by atoms with Gasteiger partial charge in [-0.15, -0.1) is 0 Å². The Hall–Kier alpha value is -2.11. The minimum Gasteiger partial charge on any atom is -0.463 e. The molecule has 0 bridgehead atoms. The molecule has 1 aromatic heterocycles. The first-order valence-electron chi connectivity index (χ1n) is 6.03. The number of aryl methyl sites for hydroxylation is 2. The van der Waals surface area contributed by atoms with Gasteiger partial charge in [0.2, 0.25) is 0 Å². The fraction of sp³-hybridized carbons (Fsp3) is 0.462. The quantitative estimate of drug-likeness (QED) is 0.656. The number of nitrogens with zero attached hydrogens (tertiary/aromatic N) is 2. The van der Waals surface area contributed by atoms with Crippen LogP contribution >= 0.6 is 0 Å². The molecule has 1 heterocycles. The van der Waals surface area contributed by atoms with Crippen LogP contribution in [0.15, 0.2) is 11.8 Å². The molecule has 1 amide bonds. The summed E-state index contributed by atoms with van der Waals surface area (Å²) in [6.45, 7) is 7.25. The predicted molar refractivity (Wildman–Crippen MR) is 70.5 cm³/mol. The summed E-state index contributed by atoms with van der Waals surface area (Å²) in [6, 6.07) is 0. The first kappa shape index (κ1) is 14.9. The highest BCUT2D eigenvalue weighted by Gasteiger charge is 2.17. The number of allylic oxidation sites excluding steroid dienone is 1. The van der Waals surface area contributed by atoms with E-state index in [4.69, 9.17) is 4.74 Å². The van der Waals surface area contributed by atoms with Crippen LogP contribution in [-0.2, 0) is 16.6 Å². The predicted octanol–water partition coefficient (Wildman–Crippen LogP) is 1.23. The van der Waals surface area contributed by atoms with Crippen molar-refractivity contribution in [3.8, 4) is 0 Å². The van der Waals surface area contributed by atoms with Gasteiger partial charge in [-0.3, -0.25) is 9.48 Å². The minimum atomic E-state index is -0.472. The molecule has 19 heavy (non-hydrogen) atoms. The van der Waals surface area contributed by atoms with Crippen LogP contribution in [0.3, 0.4) is 0 Å². The fourth-order valence-electron chi connectivity index (χ4n) is 1.74. The zero-order valence-corrected chi connectivity index (χ0v) is 11.9. The van der Waals surface area contributed by atoms with Crippen molar-refractivity contribution in [2.75, 3.05) is 6.61 Å². The molecule has 1 N–H and O–H groups in total. The lowest BCUT2D eigenvalue weighted by Gasteiger charge is -2.05. The highest BCUT2D eigenvalue weighted by molar-refractivity contribution is 5.98. The summed E-state index contributed by atoms with van der Waals surface area (Å²) < 4.78 is 6.42. The lowest BCUT2D eigenvalue weighted by Crippen LogP contribution is -2.23. The molecule has 0 aromatic carbocycles. The van der Waals surface area contributed by atoms with Crippen molar-refractivity contribution in [3.05, 3.63) is 28.7 Å². The summed E-state index contributed by atoms with van der Waals surface area (Å²) in [5.41, 5.74) is 2.39. The van der Waals surface area contributed by atoms with Crippen molar-refractivity contribution in [3.63, 3.8) is 0 Å². The smallest absolute Gasteiger partial charge is 0.332 e. The zero-order chi connectivity index (χ0) is 14.6. The van der Waals surface area contributed by atoms with Gasteiger partial charge in [0.1, 0.15) is 0 Å². The van der Waals surface area contributed by atoms with Crippen LogP contribution in [0.5, 0.6) is 0 Å². The van der Waals surface area contributed by atoms with Gasteiger partial charge in [0.05, 0.1) is 17.9 Å². The molecule has 0 radical (unpaired) electrons. The average Bonchev–Trinajstić information content (AvgIpc) is 2.52. The van der Waals surface area contributed by atoms with E-state index in [2.05, 4.69) is 10.4 Å². The molecule has 0 aliphatic heterocycles. The van der Waals surface area contributed by atoms with E-state index in [1.165, 1.54) is 6.08 Å². The molecule has 0 saturated heterocycles. The number of aromatic nitrogens is 2. The number of carbonyl (C=O) groups is 2. The SMILES string of the molecule is CCOC(=O)/C=C(\C)NC(=O)c1c(C)nn(C)c1C. The second-order valence-corrected chi connectivity index (χ2v) is 4.20. The first-order chi connectivity index (χ1) is 8.86. The van der Waals surface area contributed by atoms with Gasteiger partial charge in [-0.1, -0.05) is 0 Å². The van der Waals surface area contributed by atoms with Crippen LogP contribution in [0.2, 0.25) is 0 Å². The Kier molecular flexibility index (Phi) is 4.86. The maximum absolute atomic E-state index is 12.1. The number of esters is 1. The summed E-state index contributed by atoms with van der Waals surface area (Å²) >= 11 is 0. The second-order valence-electron chi connectivity index (χ2n) is 4.20. The van der Waals surface area contributed by atoms with Gasteiger partial charge in [0, 0.05) is 24.5 Å². The summed E-state index contributed by atoms with van der Waals surface area (Å²) in [4.78, 5) is 23.3. The summed E-state index contributed by atoms with van der Waals surface area (Å²) in [6.07, 6.45) is 1.25. The molecule has 0 saturated carbocycles. The summed E-state index contributed by atoms with van der Waals surface area (Å²) in [5, 5.41) is 6.82. The van der Waals surface area contributed by atoms with Gasteiger partial charge >= 0.3 is 5.97 Å². The van der Waals surface area contributed by atoms with E-state index in [1.54, 1.807) is 32.5 Å².